The molecule has 0 aliphatic heterocycles. The first-order valence-electron chi connectivity index (χ1n) is 25.0. The lowest BCUT2D eigenvalue weighted by molar-refractivity contribution is -0.870. The van der Waals surface area contributed by atoms with Crippen LogP contribution in [0.5, 0.6) is 0 Å². The number of hydrogen-bond acceptors (Lipinski definition) is 6. The van der Waals surface area contributed by atoms with Crippen molar-refractivity contribution in [3.8, 4) is 0 Å². The third-order valence-electron chi connectivity index (χ3n) is 11.0. The lowest BCUT2D eigenvalue weighted by Gasteiger charge is -2.29. The molecule has 1 amide bonds. The number of aliphatic hydroxyl groups excluding tert-OH is 1. The summed E-state index contributed by atoms with van der Waals surface area (Å²) in [5.74, 6) is -0.221. The number of unbranched alkanes of at least 4 members (excludes halogenated alkanes) is 26. The number of carbonyl (C=O) groups is 1. The highest BCUT2D eigenvalue weighted by Gasteiger charge is 2.23. The number of amides is 1. The molecule has 0 heterocycles. The number of hydrogen-bond donors (Lipinski definition) is 2. The number of quaternary nitrogens is 1. The highest BCUT2D eigenvalue weighted by Crippen LogP contribution is 2.38. The summed E-state index contributed by atoms with van der Waals surface area (Å²) in [4.78, 5) is 25.4. The molecule has 3 unspecified atom stereocenters. The molecule has 8 nitrogen and oxygen atoms in total. The highest BCUT2D eigenvalue weighted by molar-refractivity contribution is 7.45. The van der Waals surface area contributed by atoms with Crippen molar-refractivity contribution in [3.05, 3.63) is 48.6 Å². The zero-order chi connectivity index (χ0) is 44.3. The van der Waals surface area contributed by atoms with Crippen LogP contribution in [0.15, 0.2) is 48.6 Å². The number of nitrogens with zero attached hydrogens (tertiary/aromatic N) is 1. The van der Waals surface area contributed by atoms with Gasteiger partial charge in [-0.2, -0.15) is 0 Å². The molecule has 352 valence electrons. The maximum Gasteiger partial charge on any atom is 0.268 e. The van der Waals surface area contributed by atoms with Gasteiger partial charge >= 0.3 is 0 Å². The monoisotopic (exact) mass is 865 g/mol. The fourth-order valence-electron chi connectivity index (χ4n) is 7.02. The van der Waals surface area contributed by atoms with Gasteiger partial charge in [-0.3, -0.25) is 9.36 Å². The van der Waals surface area contributed by atoms with Gasteiger partial charge in [0.1, 0.15) is 13.2 Å². The van der Waals surface area contributed by atoms with E-state index in [1.165, 1.54) is 135 Å². The predicted molar refractivity (Wildman–Crippen MR) is 256 cm³/mol. The fourth-order valence-corrected chi connectivity index (χ4v) is 7.74. The molecular weight excluding hydrogens is 768 g/mol. The van der Waals surface area contributed by atoms with E-state index < -0.39 is 26.6 Å². The fraction of sp³-hybridized carbons (Fsp3) is 0.824. The molecule has 0 bridgehead atoms. The van der Waals surface area contributed by atoms with Crippen LogP contribution in [-0.4, -0.2) is 68.5 Å². The molecular formula is C51H97N2O6P. The molecule has 0 fully saturated rings. The van der Waals surface area contributed by atoms with E-state index in [2.05, 4.69) is 55.6 Å². The summed E-state index contributed by atoms with van der Waals surface area (Å²) >= 11 is 0. The van der Waals surface area contributed by atoms with Gasteiger partial charge in [-0.25, -0.2) is 0 Å². The average Bonchev–Trinajstić information content (AvgIpc) is 3.20. The number of phosphoric acid groups is 1. The maximum absolute atomic E-state index is 12.9. The Kier molecular flexibility index (Phi) is 41.6. The normalized spacial score (nSPS) is 14.6. The van der Waals surface area contributed by atoms with Crippen molar-refractivity contribution in [2.45, 2.75) is 231 Å². The van der Waals surface area contributed by atoms with Crippen molar-refractivity contribution in [1.82, 2.24) is 5.32 Å². The first-order chi connectivity index (χ1) is 29.0. The number of likely N-dealkylation sites (N-methyl/N-ethyl adjacent to an activating group) is 1. The van der Waals surface area contributed by atoms with Crippen LogP contribution in [-0.2, 0) is 18.4 Å². The van der Waals surface area contributed by atoms with Crippen LogP contribution < -0.4 is 10.2 Å². The molecule has 0 spiro atoms. The van der Waals surface area contributed by atoms with Gasteiger partial charge in [0.05, 0.1) is 39.9 Å². The van der Waals surface area contributed by atoms with Crippen molar-refractivity contribution in [1.29, 1.82) is 0 Å². The largest absolute Gasteiger partial charge is 0.756 e. The van der Waals surface area contributed by atoms with Gasteiger partial charge in [-0.15, -0.1) is 0 Å². The molecule has 0 radical (unpaired) electrons. The lowest BCUT2D eigenvalue weighted by atomic mass is 10.0. The van der Waals surface area contributed by atoms with Crippen LogP contribution in [0.4, 0.5) is 0 Å². The van der Waals surface area contributed by atoms with Crippen LogP contribution >= 0.6 is 7.82 Å². The molecule has 0 rings (SSSR count). The van der Waals surface area contributed by atoms with Crippen LogP contribution in [0.2, 0.25) is 0 Å². The standard InChI is InChI=1S/C51H97N2O6P/c1-6-8-10-12-14-16-18-20-22-24-25-26-27-28-29-30-32-34-36-38-40-42-44-50(54)49(48-59-60(56,57)58-47-46-53(3,4)5)52-51(55)45-43-41-39-37-35-33-31-23-21-19-17-15-13-11-9-7-2/h17,19,23,31,34,36,42,44,49-50,54H,6-16,18,20-22,24-30,32-33,35,37-41,43,45-48H2,1-5H3,(H-,52,55,56,57)/b19-17-,31-23-,36-34+,44-42+. The van der Waals surface area contributed by atoms with E-state index >= 15 is 0 Å². The van der Waals surface area contributed by atoms with Crippen LogP contribution in [0, 0.1) is 0 Å². The Labute approximate surface area is 371 Å². The number of aliphatic hydroxyl groups is 1. The quantitative estimate of drug-likeness (QED) is 0.0273. The second-order valence-electron chi connectivity index (χ2n) is 18.2. The molecule has 3 atom stereocenters. The minimum atomic E-state index is -4.60. The third-order valence-corrected chi connectivity index (χ3v) is 12.0. The smallest absolute Gasteiger partial charge is 0.268 e. The number of rotatable bonds is 45. The first-order valence-corrected chi connectivity index (χ1v) is 26.5. The molecule has 9 heteroatoms. The van der Waals surface area contributed by atoms with Crippen LogP contribution in [0.1, 0.15) is 219 Å². The summed E-state index contributed by atoms with van der Waals surface area (Å²) in [5.41, 5.74) is 0. The van der Waals surface area contributed by atoms with E-state index in [9.17, 15) is 19.4 Å². The number of allylic oxidation sites excluding steroid dienone is 7. The van der Waals surface area contributed by atoms with Crippen molar-refractivity contribution in [2.24, 2.45) is 0 Å². The minimum absolute atomic E-state index is 0.0103. The molecule has 0 aromatic heterocycles. The Bertz CT molecular complexity index is 1120. The summed E-state index contributed by atoms with van der Waals surface area (Å²) in [5, 5.41) is 13.8. The second-order valence-corrected chi connectivity index (χ2v) is 19.6. The summed E-state index contributed by atoms with van der Waals surface area (Å²) < 4.78 is 23.2. The van der Waals surface area contributed by atoms with Crippen LogP contribution in [0.25, 0.3) is 0 Å². The van der Waals surface area contributed by atoms with E-state index in [1.807, 2.05) is 27.2 Å². The number of carbonyl (C=O) groups excluding carboxylic acids is 1. The van der Waals surface area contributed by atoms with Gasteiger partial charge < -0.3 is 28.8 Å². The average molecular weight is 865 g/mol. The Morgan fingerprint density at radius 1 is 0.583 bits per heavy atom. The van der Waals surface area contributed by atoms with Crippen molar-refractivity contribution >= 4 is 13.7 Å². The second kappa shape index (κ2) is 42.7. The Morgan fingerprint density at radius 2 is 0.983 bits per heavy atom. The molecule has 0 aromatic rings. The molecule has 2 N–H and O–H groups in total. The third kappa shape index (κ3) is 44.5. The molecule has 0 aliphatic carbocycles. The van der Waals surface area contributed by atoms with E-state index in [-0.39, 0.29) is 12.5 Å². The Balaban J connectivity index is 4.39. The molecule has 0 aliphatic rings. The maximum atomic E-state index is 12.9. The molecule has 0 saturated heterocycles. The van der Waals surface area contributed by atoms with E-state index in [0.29, 0.717) is 17.4 Å². The van der Waals surface area contributed by atoms with Crippen LogP contribution in [0.3, 0.4) is 0 Å². The van der Waals surface area contributed by atoms with Gasteiger partial charge in [0.2, 0.25) is 5.91 Å². The molecule has 0 saturated carbocycles. The van der Waals surface area contributed by atoms with Gasteiger partial charge in [-0.1, -0.05) is 197 Å². The zero-order valence-corrected chi connectivity index (χ0v) is 40.8. The summed E-state index contributed by atoms with van der Waals surface area (Å²) in [6, 6.07) is -0.911. The highest BCUT2D eigenvalue weighted by atomic mass is 31.2. The van der Waals surface area contributed by atoms with E-state index in [1.54, 1.807) is 6.08 Å². The zero-order valence-electron chi connectivity index (χ0n) is 39.9. The summed E-state index contributed by atoms with van der Waals surface area (Å²) in [7, 11) is 1.23. The predicted octanol–water partition coefficient (Wildman–Crippen LogP) is 13.8. The van der Waals surface area contributed by atoms with Crippen molar-refractivity contribution < 1.29 is 32.9 Å². The number of phosphoric ester groups is 1. The van der Waals surface area contributed by atoms with Crippen molar-refractivity contribution in [2.75, 3.05) is 40.9 Å². The topological polar surface area (TPSA) is 108 Å². The van der Waals surface area contributed by atoms with E-state index in [0.717, 1.165) is 64.2 Å². The number of nitrogens with one attached hydrogen (secondary N) is 1. The SMILES string of the molecule is CCCCCC/C=C\C/C=C\CCCCCCCC(=O)NC(COP(=O)([O-])OCC[N+](C)(C)C)C(O)/C=C/CC/C=C/CCCCCCCCCCCCCCCCCC. The lowest BCUT2D eigenvalue weighted by Crippen LogP contribution is -2.45. The van der Waals surface area contributed by atoms with Gasteiger partial charge in [-0.05, 0) is 64.2 Å². The van der Waals surface area contributed by atoms with Crippen molar-refractivity contribution in [3.63, 3.8) is 0 Å². The Hall–Kier alpha value is -1.54. The molecule has 60 heavy (non-hydrogen) atoms. The first kappa shape index (κ1) is 58.5. The van der Waals surface area contributed by atoms with Gasteiger partial charge in [0, 0.05) is 6.42 Å². The van der Waals surface area contributed by atoms with E-state index in [4.69, 9.17) is 9.05 Å². The van der Waals surface area contributed by atoms with Gasteiger partial charge in [0.15, 0.2) is 0 Å². The minimum Gasteiger partial charge on any atom is -0.756 e. The summed E-state index contributed by atoms with van der Waals surface area (Å²) in [6.07, 6.45) is 54.6. The summed E-state index contributed by atoms with van der Waals surface area (Å²) in [6.45, 7) is 4.60. The molecule has 0 aromatic carbocycles. The Morgan fingerprint density at radius 3 is 1.47 bits per heavy atom. The van der Waals surface area contributed by atoms with Gasteiger partial charge in [0.25, 0.3) is 7.82 Å².